The Hall–Kier alpha value is -2.02. The smallest absolute Gasteiger partial charge is 0.221 e. The molecule has 2 rings (SSSR count). The first-order valence-corrected chi connectivity index (χ1v) is 6.06. The lowest BCUT2D eigenvalue weighted by Crippen LogP contribution is -2.26. The normalized spacial score (nSPS) is 15.6. The Morgan fingerprint density at radius 3 is 2.89 bits per heavy atom. The van der Waals surface area contributed by atoms with Gasteiger partial charge in [0.2, 0.25) is 5.91 Å². The van der Waals surface area contributed by atoms with Gasteiger partial charge in [0.1, 0.15) is 5.75 Å². The quantitative estimate of drug-likeness (QED) is 0.861. The van der Waals surface area contributed by atoms with Crippen molar-refractivity contribution in [2.45, 2.75) is 31.2 Å². The molecule has 0 saturated heterocycles. The molecule has 1 fully saturated rings. The maximum atomic E-state index is 11.7. The number of nitrogens with one attached hydrogen (secondary N) is 1. The maximum absolute atomic E-state index is 11.7. The molecule has 0 spiro atoms. The van der Waals surface area contributed by atoms with Crippen LogP contribution in [0, 0.1) is 11.3 Å². The number of rotatable bonds is 5. The van der Waals surface area contributed by atoms with Gasteiger partial charge in [-0.25, -0.2) is 0 Å². The highest BCUT2D eigenvalue weighted by Gasteiger charge is 2.25. The van der Waals surface area contributed by atoms with Gasteiger partial charge in [0.15, 0.2) is 0 Å². The third-order valence-electron chi connectivity index (χ3n) is 3.00. The molecule has 0 radical (unpaired) electrons. The summed E-state index contributed by atoms with van der Waals surface area (Å²) in [6, 6.07) is 9.84. The van der Waals surface area contributed by atoms with Crippen molar-refractivity contribution in [1.82, 2.24) is 5.32 Å². The lowest BCUT2D eigenvalue weighted by Gasteiger charge is -2.13. The summed E-state index contributed by atoms with van der Waals surface area (Å²) in [5.74, 6) is 0.137. The fraction of sp³-hybridized carbons (Fsp3) is 0.429. The number of methoxy groups -OCH3 is 1. The molecule has 0 bridgehead atoms. The van der Waals surface area contributed by atoms with Crippen molar-refractivity contribution < 1.29 is 9.53 Å². The van der Waals surface area contributed by atoms with Gasteiger partial charge in [0.05, 0.1) is 19.1 Å². The van der Waals surface area contributed by atoms with E-state index >= 15 is 0 Å². The van der Waals surface area contributed by atoms with Gasteiger partial charge in [-0.1, -0.05) is 18.2 Å². The SMILES string of the molecule is COc1ccccc1C(C#N)CC(=O)NC1CC1. The molecule has 94 valence electrons. The van der Waals surface area contributed by atoms with Crippen molar-refractivity contribution >= 4 is 5.91 Å². The van der Waals surface area contributed by atoms with Crippen molar-refractivity contribution in [3.63, 3.8) is 0 Å². The van der Waals surface area contributed by atoms with Crippen LogP contribution in [0.25, 0.3) is 0 Å². The number of nitrogens with zero attached hydrogens (tertiary/aromatic N) is 1. The highest BCUT2D eigenvalue weighted by Crippen LogP contribution is 2.28. The highest BCUT2D eigenvalue weighted by atomic mass is 16.5. The van der Waals surface area contributed by atoms with Crippen LogP contribution >= 0.6 is 0 Å². The van der Waals surface area contributed by atoms with Crippen LogP contribution in [0.2, 0.25) is 0 Å². The zero-order valence-corrected chi connectivity index (χ0v) is 10.3. The van der Waals surface area contributed by atoms with Crippen molar-refractivity contribution in [2.24, 2.45) is 0 Å². The molecule has 0 heterocycles. The molecule has 0 aromatic heterocycles. The molecule has 1 aliphatic rings. The Morgan fingerprint density at radius 2 is 2.28 bits per heavy atom. The Balaban J connectivity index is 2.07. The number of benzene rings is 1. The number of carbonyl (C=O) groups excluding carboxylic acids is 1. The van der Waals surface area contributed by atoms with Crippen LogP contribution in [0.4, 0.5) is 0 Å². The van der Waals surface area contributed by atoms with E-state index in [1.165, 1.54) is 0 Å². The van der Waals surface area contributed by atoms with Gasteiger partial charge in [0.25, 0.3) is 0 Å². The summed E-state index contributed by atoms with van der Waals surface area (Å²) >= 11 is 0. The monoisotopic (exact) mass is 244 g/mol. The van der Waals surface area contributed by atoms with E-state index in [2.05, 4.69) is 11.4 Å². The predicted octanol–water partition coefficient (Wildman–Crippen LogP) is 1.97. The summed E-state index contributed by atoms with van der Waals surface area (Å²) in [5, 5.41) is 12.1. The Kier molecular flexibility index (Phi) is 3.83. The minimum absolute atomic E-state index is 0.0602. The summed E-state index contributed by atoms with van der Waals surface area (Å²) in [6.07, 6.45) is 2.29. The van der Waals surface area contributed by atoms with Crippen LogP contribution in [0.5, 0.6) is 5.75 Å². The molecule has 1 atom stereocenters. The van der Waals surface area contributed by atoms with Crippen LogP contribution in [-0.4, -0.2) is 19.1 Å². The first kappa shape index (κ1) is 12.4. The Bertz CT molecular complexity index is 475. The number of amides is 1. The Morgan fingerprint density at radius 1 is 1.56 bits per heavy atom. The van der Waals surface area contributed by atoms with Crippen LogP contribution in [0.15, 0.2) is 24.3 Å². The van der Waals surface area contributed by atoms with E-state index < -0.39 is 5.92 Å². The second-order valence-corrected chi connectivity index (χ2v) is 4.47. The standard InChI is InChI=1S/C14H16N2O2/c1-18-13-5-3-2-4-12(13)10(9-15)8-14(17)16-11-6-7-11/h2-5,10-11H,6-8H2,1H3,(H,16,17). The molecule has 1 N–H and O–H groups in total. The van der Waals surface area contributed by atoms with E-state index in [9.17, 15) is 10.1 Å². The number of ether oxygens (including phenoxy) is 1. The average molecular weight is 244 g/mol. The third kappa shape index (κ3) is 3.01. The lowest BCUT2D eigenvalue weighted by atomic mass is 9.96. The van der Waals surface area contributed by atoms with E-state index in [1.54, 1.807) is 13.2 Å². The van der Waals surface area contributed by atoms with Crippen molar-refractivity contribution in [1.29, 1.82) is 5.26 Å². The second kappa shape index (κ2) is 5.54. The Labute approximate surface area is 107 Å². The molecule has 4 nitrogen and oxygen atoms in total. The first-order valence-electron chi connectivity index (χ1n) is 6.06. The molecular weight excluding hydrogens is 228 g/mol. The summed E-state index contributed by atoms with van der Waals surface area (Å²) in [4.78, 5) is 11.7. The van der Waals surface area contributed by atoms with E-state index in [0.29, 0.717) is 11.8 Å². The van der Waals surface area contributed by atoms with Crippen LogP contribution in [0.3, 0.4) is 0 Å². The number of carbonyl (C=O) groups is 1. The van der Waals surface area contributed by atoms with Crippen LogP contribution < -0.4 is 10.1 Å². The van der Waals surface area contributed by atoms with Crippen molar-refractivity contribution in [2.75, 3.05) is 7.11 Å². The number of hydrogen-bond donors (Lipinski definition) is 1. The molecular formula is C14H16N2O2. The molecule has 1 saturated carbocycles. The molecule has 1 unspecified atom stereocenters. The van der Waals surface area contributed by atoms with Crippen LogP contribution in [0.1, 0.15) is 30.7 Å². The zero-order chi connectivity index (χ0) is 13.0. The molecule has 1 aromatic rings. The zero-order valence-electron chi connectivity index (χ0n) is 10.3. The maximum Gasteiger partial charge on any atom is 0.221 e. The highest BCUT2D eigenvalue weighted by molar-refractivity contribution is 5.78. The van der Waals surface area contributed by atoms with E-state index in [-0.39, 0.29) is 12.3 Å². The molecule has 1 amide bonds. The predicted molar refractivity (Wildman–Crippen MR) is 67.1 cm³/mol. The molecule has 18 heavy (non-hydrogen) atoms. The second-order valence-electron chi connectivity index (χ2n) is 4.47. The first-order chi connectivity index (χ1) is 8.74. The van der Waals surface area contributed by atoms with Gasteiger partial charge in [0, 0.05) is 18.0 Å². The van der Waals surface area contributed by atoms with Gasteiger partial charge < -0.3 is 10.1 Å². The molecule has 0 aliphatic heterocycles. The molecule has 1 aliphatic carbocycles. The van der Waals surface area contributed by atoms with Gasteiger partial charge in [-0.05, 0) is 18.9 Å². The minimum Gasteiger partial charge on any atom is -0.496 e. The topological polar surface area (TPSA) is 62.1 Å². The summed E-state index contributed by atoms with van der Waals surface area (Å²) in [7, 11) is 1.57. The summed E-state index contributed by atoms with van der Waals surface area (Å²) in [5.41, 5.74) is 0.772. The number of para-hydroxylation sites is 1. The fourth-order valence-corrected chi connectivity index (χ4v) is 1.88. The number of hydrogen-bond acceptors (Lipinski definition) is 3. The minimum atomic E-state index is -0.458. The lowest BCUT2D eigenvalue weighted by molar-refractivity contribution is -0.121. The fourth-order valence-electron chi connectivity index (χ4n) is 1.88. The van der Waals surface area contributed by atoms with Gasteiger partial charge in [-0.15, -0.1) is 0 Å². The third-order valence-corrected chi connectivity index (χ3v) is 3.00. The van der Waals surface area contributed by atoms with E-state index in [1.807, 2.05) is 18.2 Å². The van der Waals surface area contributed by atoms with Crippen LogP contribution in [-0.2, 0) is 4.79 Å². The largest absolute Gasteiger partial charge is 0.496 e. The summed E-state index contributed by atoms with van der Waals surface area (Å²) < 4.78 is 5.22. The van der Waals surface area contributed by atoms with E-state index in [0.717, 1.165) is 18.4 Å². The van der Waals surface area contributed by atoms with Gasteiger partial charge >= 0.3 is 0 Å². The average Bonchev–Trinajstić information content (AvgIpc) is 3.19. The van der Waals surface area contributed by atoms with Gasteiger partial charge in [-0.3, -0.25) is 4.79 Å². The van der Waals surface area contributed by atoms with E-state index in [4.69, 9.17) is 4.74 Å². The molecule has 1 aromatic carbocycles. The molecule has 4 heteroatoms. The van der Waals surface area contributed by atoms with Gasteiger partial charge in [-0.2, -0.15) is 5.26 Å². The summed E-state index contributed by atoms with van der Waals surface area (Å²) in [6.45, 7) is 0. The van der Waals surface area contributed by atoms with Crippen molar-refractivity contribution in [3.8, 4) is 11.8 Å². The number of nitriles is 1. The van der Waals surface area contributed by atoms with Crippen molar-refractivity contribution in [3.05, 3.63) is 29.8 Å².